The van der Waals surface area contributed by atoms with Gasteiger partial charge in [-0.3, -0.25) is 4.90 Å². The summed E-state index contributed by atoms with van der Waals surface area (Å²) in [5.74, 6) is -1.15. The van der Waals surface area contributed by atoms with E-state index >= 15 is 0 Å². The Morgan fingerprint density at radius 3 is 2.36 bits per heavy atom. The highest BCUT2D eigenvalue weighted by Gasteiger charge is 2.45. The number of thiol groups is 1. The van der Waals surface area contributed by atoms with Gasteiger partial charge in [0.05, 0.1) is 5.56 Å². The van der Waals surface area contributed by atoms with Crippen LogP contribution in [0.15, 0.2) is 23.1 Å². The van der Waals surface area contributed by atoms with Gasteiger partial charge in [0.1, 0.15) is 11.9 Å². The van der Waals surface area contributed by atoms with Gasteiger partial charge in [-0.1, -0.05) is 0 Å². The SMILES string of the molecule is N/C(=C(\S)CN1CCCC1C(F)(F)F)c1cc(F)cc(C(F)(F)F)c1. The number of likely N-dealkylation sites (tertiary alicyclic amines) is 1. The molecular formula is C15H15F7N2S. The highest BCUT2D eigenvalue weighted by atomic mass is 32.1. The van der Waals surface area contributed by atoms with Crippen LogP contribution in [0.25, 0.3) is 5.70 Å². The van der Waals surface area contributed by atoms with E-state index in [0.29, 0.717) is 18.6 Å². The quantitative estimate of drug-likeness (QED) is 0.593. The van der Waals surface area contributed by atoms with E-state index in [4.69, 9.17) is 5.73 Å². The average molecular weight is 388 g/mol. The normalized spacial score (nSPS) is 20.7. The minimum Gasteiger partial charge on any atom is -0.398 e. The number of benzene rings is 1. The van der Waals surface area contributed by atoms with Crippen molar-refractivity contribution in [3.05, 3.63) is 40.0 Å². The molecule has 2 nitrogen and oxygen atoms in total. The number of rotatable bonds is 3. The molecule has 1 aromatic rings. The first-order valence-corrected chi connectivity index (χ1v) is 7.71. The molecule has 1 fully saturated rings. The zero-order valence-electron chi connectivity index (χ0n) is 12.8. The topological polar surface area (TPSA) is 29.3 Å². The fraction of sp³-hybridized carbons (Fsp3) is 0.467. The van der Waals surface area contributed by atoms with Crippen LogP contribution < -0.4 is 5.73 Å². The Morgan fingerprint density at radius 2 is 1.80 bits per heavy atom. The van der Waals surface area contributed by atoms with Gasteiger partial charge in [-0.25, -0.2) is 4.39 Å². The molecule has 1 saturated heterocycles. The van der Waals surface area contributed by atoms with Gasteiger partial charge in [0.2, 0.25) is 0 Å². The molecule has 0 aromatic heterocycles. The summed E-state index contributed by atoms with van der Waals surface area (Å²) in [5.41, 5.74) is 3.91. The molecule has 1 aliphatic rings. The molecule has 0 radical (unpaired) electrons. The zero-order valence-corrected chi connectivity index (χ0v) is 13.6. The van der Waals surface area contributed by atoms with E-state index in [1.807, 2.05) is 0 Å². The molecular weight excluding hydrogens is 373 g/mol. The maximum absolute atomic E-state index is 13.4. The van der Waals surface area contributed by atoms with Gasteiger partial charge in [-0.05, 0) is 37.6 Å². The molecule has 10 heteroatoms. The first kappa shape index (κ1) is 19.9. The maximum Gasteiger partial charge on any atom is 0.416 e. The Balaban J connectivity index is 2.29. The van der Waals surface area contributed by atoms with Gasteiger partial charge in [0.25, 0.3) is 0 Å². The standard InChI is InChI=1S/C15H15F7N2S/c16-10-5-8(4-9(6-10)14(17,18)19)13(23)11(25)7-24-3-1-2-12(24)15(20,21)22/h4-6,12,25H,1-3,7,23H2/b13-11-. The molecule has 0 spiro atoms. The summed E-state index contributed by atoms with van der Waals surface area (Å²) in [6.45, 7) is -0.116. The largest absolute Gasteiger partial charge is 0.416 e. The molecule has 1 aliphatic heterocycles. The van der Waals surface area contributed by atoms with Gasteiger partial charge in [-0.2, -0.15) is 26.3 Å². The van der Waals surface area contributed by atoms with E-state index in [1.54, 1.807) is 0 Å². The summed E-state index contributed by atoms with van der Waals surface area (Å²) in [7, 11) is 0. The van der Waals surface area contributed by atoms with Gasteiger partial charge in [0, 0.05) is 22.7 Å². The maximum atomic E-state index is 13.4. The third-order valence-electron chi connectivity index (χ3n) is 3.94. The summed E-state index contributed by atoms with van der Waals surface area (Å²) in [6, 6.07) is 0.0850. The zero-order chi connectivity index (χ0) is 19.0. The van der Waals surface area contributed by atoms with Crippen LogP contribution >= 0.6 is 12.6 Å². The third kappa shape index (κ3) is 4.81. The first-order valence-electron chi connectivity index (χ1n) is 7.26. The summed E-state index contributed by atoms with van der Waals surface area (Å²) in [6.07, 6.45) is -8.92. The first-order chi connectivity index (χ1) is 11.4. The fourth-order valence-electron chi connectivity index (χ4n) is 2.74. The number of alkyl halides is 6. The molecule has 1 unspecified atom stereocenters. The van der Waals surface area contributed by atoms with E-state index in [9.17, 15) is 30.7 Å². The highest BCUT2D eigenvalue weighted by molar-refractivity contribution is 7.84. The Kier molecular flexibility index (Phi) is 5.62. The number of nitrogens with zero attached hydrogens (tertiary/aromatic N) is 1. The summed E-state index contributed by atoms with van der Waals surface area (Å²) >= 11 is 4.03. The van der Waals surface area contributed by atoms with Crippen molar-refractivity contribution in [2.45, 2.75) is 31.2 Å². The number of hydrogen-bond donors (Lipinski definition) is 2. The molecule has 25 heavy (non-hydrogen) atoms. The molecule has 0 bridgehead atoms. The molecule has 1 atom stereocenters. The molecule has 2 N–H and O–H groups in total. The van der Waals surface area contributed by atoms with Crippen molar-refractivity contribution >= 4 is 18.3 Å². The fourth-order valence-corrected chi connectivity index (χ4v) is 3.05. The molecule has 0 aliphatic carbocycles. The summed E-state index contributed by atoms with van der Waals surface area (Å²) in [4.78, 5) is 1.06. The number of halogens is 7. The molecule has 1 heterocycles. The van der Waals surface area contributed by atoms with Crippen molar-refractivity contribution in [3.63, 3.8) is 0 Å². The van der Waals surface area contributed by atoms with E-state index in [1.165, 1.54) is 0 Å². The highest BCUT2D eigenvalue weighted by Crippen LogP contribution is 2.35. The van der Waals surface area contributed by atoms with Gasteiger partial charge >= 0.3 is 12.4 Å². The summed E-state index contributed by atoms with van der Waals surface area (Å²) in [5, 5.41) is 0. The van der Waals surface area contributed by atoms with Crippen LogP contribution in [0.4, 0.5) is 30.7 Å². The van der Waals surface area contributed by atoms with Crippen molar-refractivity contribution in [2.75, 3.05) is 13.1 Å². The smallest absolute Gasteiger partial charge is 0.398 e. The predicted octanol–water partition coefficient (Wildman–Crippen LogP) is 4.43. The van der Waals surface area contributed by atoms with Crippen LogP contribution in [0.5, 0.6) is 0 Å². The lowest BCUT2D eigenvalue weighted by Gasteiger charge is -2.26. The molecule has 140 valence electrons. The Morgan fingerprint density at radius 1 is 1.16 bits per heavy atom. The van der Waals surface area contributed by atoms with Crippen molar-refractivity contribution < 1.29 is 30.7 Å². The Labute approximate surface area is 144 Å². The minimum atomic E-state index is -4.77. The number of nitrogens with two attached hydrogens (primary N) is 1. The Hall–Kier alpha value is -1.42. The second-order valence-electron chi connectivity index (χ2n) is 5.76. The van der Waals surface area contributed by atoms with Crippen LogP contribution in [-0.4, -0.2) is 30.2 Å². The van der Waals surface area contributed by atoms with Gasteiger partial charge < -0.3 is 5.73 Å². The van der Waals surface area contributed by atoms with E-state index in [0.717, 1.165) is 11.0 Å². The van der Waals surface area contributed by atoms with Crippen LogP contribution in [0.2, 0.25) is 0 Å². The molecule has 2 rings (SSSR count). The third-order valence-corrected chi connectivity index (χ3v) is 4.32. The van der Waals surface area contributed by atoms with Crippen molar-refractivity contribution in [2.24, 2.45) is 5.73 Å². The van der Waals surface area contributed by atoms with Crippen LogP contribution in [-0.2, 0) is 6.18 Å². The van der Waals surface area contributed by atoms with E-state index in [2.05, 4.69) is 12.6 Å². The van der Waals surface area contributed by atoms with E-state index in [-0.39, 0.29) is 35.7 Å². The molecule has 0 saturated carbocycles. The van der Waals surface area contributed by atoms with Crippen LogP contribution in [0, 0.1) is 5.82 Å². The Bertz CT molecular complexity index is 667. The van der Waals surface area contributed by atoms with Crippen molar-refractivity contribution in [1.82, 2.24) is 4.90 Å². The monoisotopic (exact) mass is 388 g/mol. The van der Waals surface area contributed by atoms with Crippen LogP contribution in [0.1, 0.15) is 24.0 Å². The molecule has 0 amide bonds. The van der Waals surface area contributed by atoms with Crippen molar-refractivity contribution in [3.8, 4) is 0 Å². The lowest BCUT2D eigenvalue weighted by atomic mass is 10.1. The predicted molar refractivity (Wildman–Crippen MR) is 82.1 cm³/mol. The number of hydrogen-bond acceptors (Lipinski definition) is 3. The van der Waals surface area contributed by atoms with Crippen LogP contribution in [0.3, 0.4) is 0 Å². The minimum absolute atomic E-state index is 0.0464. The lowest BCUT2D eigenvalue weighted by Crippen LogP contribution is -2.41. The van der Waals surface area contributed by atoms with E-state index < -0.39 is 29.8 Å². The second-order valence-corrected chi connectivity index (χ2v) is 6.30. The molecule has 1 aromatic carbocycles. The average Bonchev–Trinajstić information content (AvgIpc) is 2.93. The van der Waals surface area contributed by atoms with Gasteiger partial charge in [0.15, 0.2) is 0 Å². The summed E-state index contributed by atoms with van der Waals surface area (Å²) < 4.78 is 90.5. The lowest BCUT2D eigenvalue weighted by molar-refractivity contribution is -0.174. The van der Waals surface area contributed by atoms with Crippen molar-refractivity contribution in [1.29, 1.82) is 0 Å². The van der Waals surface area contributed by atoms with Gasteiger partial charge in [-0.15, -0.1) is 12.6 Å². The second kappa shape index (κ2) is 7.06.